The van der Waals surface area contributed by atoms with E-state index in [1.54, 1.807) is 6.26 Å². The minimum absolute atomic E-state index is 0.136. The summed E-state index contributed by atoms with van der Waals surface area (Å²) in [7, 11) is 4.04. The first-order valence-corrected chi connectivity index (χ1v) is 7.28. The van der Waals surface area contributed by atoms with E-state index in [0.29, 0.717) is 11.7 Å². The molecule has 2 aromatic rings. The van der Waals surface area contributed by atoms with E-state index in [2.05, 4.69) is 34.6 Å². The van der Waals surface area contributed by atoms with Gasteiger partial charge in [-0.3, -0.25) is 4.90 Å². The van der Waals surface area contributed by atoms with Crippen LogP contribution in [0.1, 0.15) is 17.4 Å². The molecule has 1 aromatic carbocycles. The zero-order chi connectivity index (χ0) is 15.2. The van der Waals surface area contributed by atoms with Crippen LogP contribution in [-0.2, 0) is 0 Å². The lowest BCUT2D eigenvalue weighted by Gasteiger charge is -2.23. The van der Waals surface area contributed by atoms with Gasteiger partial charge < -0.3 is 15.1 Å². The quantitative estimate of drug-likeness (QED) is 0.830. The molecule has 0 spiro atoms. The van der Waals surface area contributed by atoms with E-state index in [9.17, 15) is 0 Å². The molecule has 0 amide bonds. The topological polar surface area (TPSA) is 40.4 Å². The fourth-order valence-corrected chi connectivity index (χ4v) is 2.31. The van der Waals surface area contributed by atoms with Gasteiger partial charge in [0, 0.05) is 12.2 Å². The van der Waals surface area contributed by atoms with Crippen LogP contribution in [0.4, 0.5) is 5.69 Å². The number of hydrogen-bond donors (Lipinski definition) is 2. The van der Waals surface area contributed by atoms with E-state index in [-0.39, 0.29) is 6.04 Å². The average molecular weight is 303 g/mol. The summed E-state index contributed by atoms with van der Waals surface area (Å²) in [6.45, 7) is 2.73. The Hall–Kier alpha value is -1.85. The highest BCUT2D eigenvalue weighted by molar-refractivity contribution is 7.80. The Labute approximate surface area is 131 Å². The number of aryl methyl sites for hydroxylation is 1. The molecule has 2 N–H and O–H groups in total. The fourth-order valence-electron chi connectivity index (χ4n) is 2.11. The van der Waals surface area contributed by atoms with Crippen molar-refractivity contribution in [3.63, 3.8) is 0 Å². The summed E-state index contributed by atoms with van der Waals surface area (Å²) in [4.78, 5) is 2.10. The number of anilines is 1. The van der Waals surface area contributed by atoms with Crippen molar-refractivity contribution in [2.45, 2.75) is 13.0 Å². The maximum absolute atomic E-state index is 5.48. The number of rotatable bonds is 5. The van der Waals surface area contributed by atoms with Crippen molar-refractivity contribution in [3.8, 4) is 0 Å². The lowest BCUT2D eigenvalue weighted by atomic mass is 10.2. The molecule has 0 saturated carbocycles. The Kier molecular flexibility index (Phi) is 5.36. The monoisotopic (exact) mass is 303 g/mol. The number of nitrogens with zero attached hydrogens (tertiary/aromatic N) is 1. The van der Waals surface area contributed by atoms with E-state index < -0.39 is 0 Å². The van der Waals surface area contributed by atoms with Crippen LogP contribution in [0.15, 0.2) is 47.1 Å². The summed E-state index contributed by atoms with van der Waals surface area (Å²) >= 11 is 5.34. The molecular formula is C16H21N3OS. The molecule has 1 aromatic heterocycles. The van der Waals surface area contributed by atoms with Gasteiger partial charge in [-0.25, -0.2) is 0 Å². The van der Waals surface area contributed by atoms with Crippen LogP contribution in [0, 0.1) is 6.92 Å². The second-order valence-corrected chi connectivity index (χ2v) is 5.61. The smallest absolute Gasteiger partial charge is 0.170 e. The Morgan fingerprint density at radius 1 is 1.29 bits per heavy atom. The summed E-state index contributed by atoms with van der Waals surface area (Å²) in [6.07, 6.45) is 1.69. The van der Waals surface area contributed by atoms with Gasteiger partial charge in [0.1, 0.15) is 5.76 Å². The minimum Gasteiger partial charge on any atom is -0.468 e. The number of thiocarbonyl (C=S) groups is 1. The van der Waals surface area contributed by atoms with Crippen molar-refractivity contribution in [2.24, 2.45) is 0 Å². The molecule has 0 fully saturated rings. The Morgan fingerprint density at radius 3 is 2.71 bits per heavy atom. The molecule has 0 saturated heterocycles. The molecule has 0 aliphatic rings. The molecule has 0 unspecified atom stereocenters. The molecule has 112 valence electrons. The van der Waals surface area contributed by atoms with Crippen LogP contribution in [0.25, 0.3) is 0 Å². The van der Waals surface area contributed by atoms with Crippen molar-refractivity contribution in [3.05, 3.63) is 54.0 Å². The van der Waals surface area contributed by atoms with Gasteiger partial charge in [0.2, 0.25) is 0 Å². The Balaban J connectivity index is 1.90. The van der Waals surface area contributed by atoms with Gasteiger partial charge in [-0.05, 0) is 63.1 Å². The van der Waals surface area contributed by atoms with E-state index >= 15 is 0 Å². The molecule has 4 nitrogen and oxygen atoms in total. The highest BCUT2D eigenvalue weighted by Gasteiger charge is 2.16. The van der Waals surface area contributed by atoms with E-state index in [4.69, 9.17) is 16.6 Å². The molecule has 5 heteroatoms. The number of hydrogen-bond acceptors (Lipinski definition) is 3. The van der Waals surface area contributed by atoms with Crippen molar-refractivity contribution in [1.82, 2.24) is 10.2 Å². The lowest BCUT2D eigenvalue weighted by molar-refractivity contribution is 0.259. The van der Waals surface area contributed by atoms with Crippen molar-refractivity contribution < 1.29 is 4.42 Å². The number of benzene rings is 1. The summed E-state index contributed by atoms with van der Waals surface area (Å²) < 4.78 is 5.48. The Morgan fingerprint density at radius 2 is 2.10 bits per heavy atom. The second-order valence-electron chi connectivity index (χ2n) is 5.20. The van der Waals surface area contributed by atoms with E-state index in [0.717, 1.165) is 11.4 Å². The third-order valence-electron chi connectivity index (χ3n) is 3.23. The molecule has 21 heavy (non-hydrogen) atoms. The largest absolute Gasteiger partial charge is 0.468 e. The molecule has 0 aliphatic carbocycles. The zero-order valence-electron chi connectivity index (χ0n) is 12.6. The molecule has 2 rings (SSSR count). The highest BCUT2D eigenvalue weighted by atomic mass is 32.1. The van der Waals surface area contributed by atoms with Crippen molar-refractivity contribution in [1.29, 1.82) is 0 Å². The third kappa shape index (κ3) is 4.58. The maximum atomic E-state index is 5.48. The summed E-state index contributed by atoms with van der Waals surface area (Å²) in [5, 5.41) is 7.04. The fraction of sp³-hybridized carbons (Fsp3) is 0.312. The predicted molar refractivity (Wildman–Crippen MR) is 90.5 cm³/mol. The summed E-state index contributed by atoms with van der Waals surface area (Å²) in [5.41, 5.74) is 2.19. The highest BCUT2D eigenvalue weighted by Crippen LogP contribution is 2.17. The minimum atomic E-state index is 0.136. The molecule has 0 aliphatic heterocycles. The van der Waals surface area contributed by atoms with Gasteiger partial charge in [0.25, 0.3) is 0 Å². The van der Waals surface area contributed by atoms with Gasteiger partial charge in [-0.2, -0.15) is 0 Å². The first kappa shape index (κ1) is 15.5. The van der Waals surface area contributed by atoms with Crippen LogP contribution in [-0.4, -0.2) is 30.7 Å². The average Bonchev–Trinajstić information content (AvgIpc) is 2.92. The van der Waals surface area contributed by atoms with Gasteiger partial charge in [0.15, 0.2) is 5.11 Å². The number of furan rings is 1. The number of nitrogens with one attached hydrogen (secondary N) is 2. The maximum Gasteiger partial charge on any atom is 0.170 e. The van der Waals surface area contributed by atoms with Crippen LogP contribution < -0.4 is 10.6 Å². The van der Waals surface area contributed by atoms with E-state index in [1.165, 1.54) is 5.56 Å². The summed E-state index contributed by atoms with van der Waals surface area (Å²) in [5.74, 6) is 0.922. The third-order valence-corrected chi connectivity index (χ3v) is 3.47. The predicted octanol–water partition coefficient (Wildman–Crippen LogP) is 3.18. The van der Waals surface area contributed by atoms with Gasteiger partial charge in [-0.1, -0.05) is 12.1 Å². The van der Waals surface area contributed by atoms with Crippen LogP contribution in [0.5, 0.6) is 0 Å². The van der Waals surface area contributed by atoms with Gasteiger partial charge >= 0.3 is 0 Å². The molecule has 1 atom stereocenters. The van der Waals surface area contributed by atoms with Gasteiger partial charge in [0.05, 0.1) is 12.3 Å². The molecule has 0 bridgehead atoms. The zero-order valence-corrected chi connectivity index (χ0v) is 13.4. The SMILES string of the molecule is Cc1cccc(NC(=S)NC[C@@H](c2ccco2)N(C)C)c1. The molecule has 1 heterocycles. The first-order chi connectivity index (χ1) is 10.1. The van der Waals surface area contributed by atoms with Crippen molar-refractivity contribution in [2.75, 3.05) is 26.0 Å². The van der Waals surface area contributed by atoms with Crippen molar-refractivity contribution >= 4 is 23.0 Å². The molecular weight excluding hydrogens is 282 g/mol. The first-order valence-electron chi connectivity index (χ1n) is 6.87. The van der Waals surface area contributed by atoms with Crippen LogP contribution in [0.2, 0.25) is 0 Å². The normalized spacial score (nSPS) is 12.2. The standard InChI is InChI=1S/C16H21N3OS/c1-12-6-4-7-13(10-12)18-16(21)17-11-14(19(2)3)15-8-5-9-20-15/h4-10,14H,11H2,1-3H3,(H2,17,18,21)/t14-/m0/s1. The molecule has 0 radical (unpaired) electrons. The van der Waals surface area contributed by atoms with Crippen LogP contribution in [0.3, 0.4) is 0 Å². The lowest BCUT2D eigenvalue weighted by Crippen LogP contribution is -2.36. The van der Waals surface area contributed by atoms with Crippen LogP contribution >= 0.6 is 12.2 Å². The Bertz CT molecular complexity index is 581. The second kappa shape index (κ2) is 7.24. The van der Waals surface area contributed by atoms with Gasteiger partial charge in [-0.15, -0.1) is 0 Å². The number of likely N-dealkylation sites (N-methyl/N-ethyl adjacent to an activating group) is 1. The van der Waals surface area contributed by atoms with E-state index in [1.807, 2.05) is 38.4 Å². The summed E-state index contributed by atoms with van der Waals surface area (Å²) in [6, 6.07) is 12.1.